The van der Waals surface area contributed by atoms with Crippen molar-refractivity contribution >= 4 is 11.6 Å². The summed E-state index contributed by atoms with van der Waals surface area (Å²) >= 11 is 0. The maximum Gasteiger partial charge on any atom is 0.573 e. The van der Waals surface area contributed by atoms with E-state index in [-0.39, 0.29) is 17.6 Å². The number of amides is 1. The molecule has 1 aliphatic heterocycles. The minimum Gasteiger partial charge on any atom is -0.406 e. The van der Waals surface area contributed by atoms with Crippen LogP contribution in [0.2, 0.25) is 0 Å². The van der Waals surface area contributed by atoms with Crippen LogP contribution in [0.4, 0.5) is 18.9 Å². The minimum absolute atomic E-state index is 0.183. The Balaban J connectivity index is 1.58. The fourth-order valence-electron chi connectivity index (χ4n) is 3.27. The van der Waals surface area contributed by atoms with Gasteiger partial charge in [-0.2, -0.15) is 0 Å². The SMILES string of the molecule is O=C(Nc1cccc(OC(F)(F)F)c1)C1CCCN(Cc2ccccc2)C1. The number of rotatable bonds is 5. The van der Waals surface area contributed by atoms with Gasteiger partial charge in [-0.1, -0.05) is 36.4 Å². The summed E-state index contributed by atoms with van der Waals surface area (Å²) in [6.07, 6.45) is -3.10. The highest BCUT2D eigenvalue weighted by atomic mass is 19.4. The topological polar surface area (TPSA) is 41.6 Å². The Morgan fingerprint density at radius 1 is 1.15 bits per heavy atom. The first kappa shape index (κ1) is 19.2. The molecule has 1 N–H and O–H groups in total. The van der Waals surface area contributed by atoms with E-state index in [0.29, 0.717) is 12.2 Å². The van der Waals surface area contributed by atoms with E-state index in [4.69, 9.17) is 0 Å². The standard InChI is InChI=1S/C20H21F3N2O2/c21-20(22,23)27-18-10-4-9-17(12-18)24-19(26)16-8-5-11-25(14-16)13-15-6-2-1-3-7-15/h1-4,6-7,9-10,12,16H,5,8,11,13-14H2,(H,24,26). The van der Waals surface area contributed by atoms with E-state index < -0.39 is 6.36 Å². The third kappa shape index (κ3) is 5.99. The molecular formula is C20H21F3N2O2. The van der Waals surface area contributed by atoms with Gasteiger partial charge in [-0.3, -0.25) is 9.69 Å². The summed E-state index contributed by atoms with van der Waals surface area (Å²) in [5, 5.41) is 2.71. The van der Waals surface area contributed by atoms with Crippen molar-refractivity contribution in [3.8, 4) is 5.75 Å². The average molecular weight is 378 g/mol. The van der Waals surface area contributed by atoms with Crippen molar-refractivity contribution in [3.63, 3.8) is 0 Å². The maximum absolute atomic E-state index is 12.6. The van der Waals surface area contributed by atoms with E-state index in [1.165, 1.54) is 23.8 Å². The van der Waals surface area contributed by atoms with Crippen molar-refractivity contribution in [2.75, 3.05) is 18.4 Å². The molecule has 1 amide bonds. The van der Waals surface area contributed by atoms with Gasteiger partial charge in [-0.15, -0.1) is 13.2 Å². The number of anilines is 1. The number of carbonyl (C=O) groups is 1. The van der Waals surface area contributed by atoms with Crippen LogP contribution in [0.25, 0.3) is 0 Å². The Morgan fingerprint density at radius 2 is 1.93 bits per heavy atom. The van der Waals surface area contributed by atoms with Crippen LogP contribution in [0.5, 0.6) is 5.75 Å². The number of nitrogens with zero attached hydrogens (tertiary/aromatic N) is 1. The molecule has 0 bridgehead atoms. The van der Waals surface area contributed by atoms with Crippen LogP contribution < -0.4 is 10.1 Å². The zero-order valence-electron chi connectivity index (χ0n) is 14.7. The van der Waals surface area contributed by atoms with Crippen LogP contribution in [0.3, 0.4) is 0 Å². The summed E-state index contributed by atoms with van der Waals surface area (Å²) in [5.74, 6) is -0.735. The molecule has 0 aliphatic carbocycles. The highest BCUT2D eigenvalue weighted by Gasteiger charge is 2.31. The number of alkyl halides is 3. The van der Waals surface area contributed by atoms with E-state index >= 15 is 0 Å². The first-order valence-electron chi connectivity index (χ1n) is 8.82. The van der Waals surface area contributed by atoms with Gasteiger partial charge in [0.1, 0.15) is 5.75 Å². The molecule has 3 rings (SSSR count). The molecule has 0 spiro atoms. The van der Waals surface area contributed by atoms with Crippen molar-refractivity contribution in [2.24, 2.45) is 5.92 Å². The highest BCUT2D eigenvalue weighted by molar-refractivity contribution is 5.92. The first-order valence-corrected chi connectivity index (χ1v) is 8.82. The summed E-state index contributed by atoms with van der Waals surface area (Å²) in [5.41, 5.74) is 1.48. The molecule has 0 radical (unpaired) electrons. The van der Waals surface area contributed by atoms with Gasteiger partial charge in [0.2, 0.25) is 5.91 Å². The second kappa shape index (κ2) is 8.43. The molecule has 1 heterocycles. The van der Waals surface area contributed by atoms with Crippen molar-refractivity contribution in [1.82, 2.24) is 4.90 Å². The van der Waals surface area contributed by atoms with Crippen molar-refractivity contribution < 1.29 is 22.7 Å². The van der Waals surface area contributed by atoms with Crippen LogP contribution in [-0.2, 0) is 11.3 Å². The summed E-state index contributed by atoms with van der Waals surface area (Å²) in [6, 6.07) is 15.4. The molecule has 7 heteroatoms. The second-order valence-corrected chi connectivity index (χ2v) is 6.62. The van der Waals surface area contributed by atoms with Gasteiger partial charge in [0.05, 0.1) is 5.92 Å². The average Bonchev–Trinajstić information content (AvgIpc) is 2.62. The molecule has 1 atom stereocenters. The molecule has 1 unspecified atom stereocenters. The lowest BCUT2D eigenvalue weighted by molar-refractivity contribution is -0.274. The van der Waals surface area contributed by atoms with Crippen LogP contribution in [0.15, 0.2) is 54.6 Å². The molecule has 1 fully saturated rings. The number of halogens is 3. The first-order chi connectivity index (χ1) is 12.9. The highest BCUT2D eigenvalue weighted by Crippen LogP contribution is 2.26. The molecule has 144 valence electrons. The van der Waals surface area contributed by atoms with Crippen LogP contribution in [0.1, 0.15) is 18.4 Å². The largest absolute Gasteiger partial charge is 0.573 e. The predicted molar refractivity (Wildman–Crippen MR) is 96.2 cm³/mol. The quantitative estimate of drug-likeness (QED) is 0.837. The van der Waals surface area contributed by atoms with Crippen LogP contribution in [-0.4, -0.2) is 30.3 Å². The number of hydrogen-bond acceptors (Lipinski definition) is 3. The Hall–Kier alpha value is -2.54. The van der Waals surface area contributed by atoms with Gasteiger partial charge in [-0.05, 0) is 37.1 Å². The van der Waals surface area contributed by atoms with Gasteiger partial charge >= 0.3 is 6.36 Å². The number of carbonyl (C=O) groups excluding carboxylic acids is 1. The summed E-state index contributed by atoms with van der Waals surface area (Å²) in [4.78, 5) is 14.8. The van der Waals surface area contributed by atoms with Gasteiger partial charge in [-0.25, -0.2) is 0 Å². The van der Waals surface area contributed by atoms with E-state index in [1.807, 2.05) is 18.2 Å². The smallest absolute Gasteiger partial charge is 0.406 e. The zero-order valence-corrected chi connectivity index (χ0v) is 14.7. The third-order valence-electron chi connectivity index (χ3n) is 4.46. The fourth-order valence-corrected chi connectivity index (χ4v) is 3.27. The molecule has 1 aliphatic rings. The lowest BCUT2D eigenvalue weighted by Crippen LogP contribution is -2.40. The fraction of sp³-hybridized carbons (Fsp3) is 0.350. The van der Waals surface area contributed by atoms with Crippen LogP contribution in [0, 0.1) is 5.92 Å². The number of piperidine rings is 1. The third-order valence-corrected chi connectivity index (χ3v) is 4.46. The number of nitrogens with one attached hydrogen (secondary N) is 1. The molecule has 1 saturated heterocycles. The zero-order chi connectivity index (χ0) is 19.3. The maximum atomic E-state index is 12.6. The number of ether oxygens (including phenoxy) is 1. The van der Waals surface area contributed by atoms with E-state index in [2.05, 4.69) is 27.1 Å². The summed E-state index contributed by atoms with van der Waals surface area (Å²) < 4.78 is 40.9. The molecule has 4 nitrogen and oxygen atoms in total. The van der Waals surface area contributed by atoms with Crippen molar-refractivity contribution in [1.29, 1.82) is 0 Å². The number of hydrogen-bond donors (Lipinski definition) is 1. The van der Waals surface area contributed by atoms with Gasteiger partial charge in [0.25, 0.3) is 0 Å². The summed E-state index contributed by atoms with van der Waals surface area (Å²) in [7, 11) is 0. The van der Waals surface area contributed by atoms with Crippen LogP contribution >= 0.6 is 0 Å². The number of likely N-dealkylation sites (tertiary alicyclic amines) is 1. The molecular weight excluding hydrogens is 357 g/mol. The number of benzene rings is 2. The minimum atomic E-state index is -4.76. The van der Waals surface area contributed by atoms with Crippen molar-refractivity contribution in [3.05, 3.63) is 60.2 Å². The van der Waals surface area contributed by atoms with Crippen molar-refractivity contribution in [2.45, 2.75) is 25.7 Å². The second-order valence-electron chi connectivity index (χ2n) is 6.62. The Labute approximate surface area is 155 Å². The monoisotopic (exact) mass is 378 g/mol. The van der Waals surface area contributed by atoms with Gasteiger partial charge < -0.3 is 10.1 Å². The van der Waals surface area contributed by atoms with E-state index in [1.54, 1.807) is 6.07 Å². The van der Waals surface area contributed by atoms with Gasteiger partial charge in [0.15, 0.2) is 0 Å². The Kier molecular flexibility index (Phi) is 6.01. The normalized spacial score (nSPS) is 18.1. The predicted octanol–water partition coefficient (Wildman–Crippen LogP) is 4.44. The molecule has 0 aromatic heterocycles. The van der Waals surface area contributed by atoms with E-state index in [9.17, 15) is 18.0 Å². The molecule has 0 saturated carbocycles. The molecule has 2 aromatic rings. The summed E-state index contributed by atoms with van der Waals surface area (Å²) in [6.45, 7) is 2.33. The Morgan fingerprint density at radius 3 is 2.67 bits per heavy atom. The molecule has 27 heavy (non-hydrogen) atoms. The van der Waals surface area contributed by atoms with Gasteiger partial charge in [0, 0.05) is 24.8 Å². The van der Waals surface area contributed by atoms with E-state index in [0.717, 1.165) is 25.9 Å². The molecule has 2 aromatic carbocycles. The lowest BCUT2D eigenvalue weighted by atomic mass is 9.96. The Bertz CT molecular complexity index is 765. The lowest BCUT2D eigenvalue weighted by Gasteiger charge is -2.32.